The van der Waals surface area contributed by atoms with Gasteiger partial charge < -0.3 is 13.4 Å². The molecule has 5 nitrogen and oxygen atoms in total. The van der Waals surface area contributed by atoms with Crippen LogP contribution in [0.4, 0.5) is 0 Å². The zero-order valence-electron chi connectivity index (χ0n) is 30.7. The molecular weight excluding hydrogens is 731 g/mol. The minimum absolute atomic E-state index is 0.666. The van der Waals surface area contributed by atoms with E-state index in [1.165, 1.54) is 41.7 Å². The van der Waals surface area contributed by atoms with E-state index in [2.05, 4.69) is 150 Å². The van der Waals surface area contributed by atoms with Crippen molar-refractivity contribution in [1.82, 2.24) is 14.5 Å². The summed E-state index contributed by atoms with van der Waals surface area (Å²) in [7, 11) is 0. The van der Waals surface area contributed by atoms with E-state index in [4.69, 9.17) is 18.8 Å². The predicted molar refractivity (Wildman–Crippen MR) is 241 cm³/mol. The normalized spacial score (nSPS) is 12.5. The molecule has 0 saturated carbocycles. The molecule has 6 heteroatoms. The van der Waals surface area contributed by atoms with Gasteiger partial charge in [-0.05, 0) is 94.3 Å². The maximum absolute atomic E-state index is 6.64. The summed E-state index contributed by atoms with van der Waals surface area (Å²) in [6.07, 6.45) is 0. The molecule has 268 valence electrons. The van der Waals surface area contributed by atoms with E-state index in [-0.39, 0.29) is 0 Å². The number of para-hydroxylation sites is 1. The molecule has 9 aromatic carbocycles. The Morgan fingerprint density at radius 2 is 1.09 bits per heavy atom. The molecule has 0 radical (unpaired) electrons. The second kappa shape index (κ2) is 11.1. The van der Waals surface area contributed by atoms with E-state index in [1.54, 1.807) is 0 Å². The quantitative estimate of drug-likeness (QED) is 0.180. The second-order valence-electron chi connectivity index (χ2n) is 15.3. The number of hydrogen-bond acceptors (Lipinski definition) is 5. The van der Waals surface area contributed by atoms with E-state index in [0.29, 0.717) is 11.4 Å². The number of nitrogens with zero attached hydrogens (tertiary/aromatic N) is 3. The van der Waals surface area contributed by atoms with Crippen molar-refractivity contribution in [2.45, 2.75) is 0 Å². The first-order valence-electron chi connectivity index (χ1n) is 19.5. The van der Waals surface area contributed by atoms with E-state index >= 15 is 0 Å². The fraction of sp³-hybridized carbons (Fsp3) is 0. The molecule has 0 N–H and O–H groups in total. The molecule has 5 aromatic heterocycles. The van der Waals surface area contributed by atoms with Crippen LogP contribution in [0, 0.1) is 0 Å². The third-order valence-corrected chi connectivity index (χ3v) is 13.3. The lowest BCUT2D eigenvalue weighted by Crippen LogP contribution is -1.95. The van der Waals surface area contributed by atoms with Gasteiger partial charge in [0, 0.05) is 63.9 Å². The summed E-state index contributed by atoms with van der Waals surface area (Å²) in [4.78, 5) is 10.5. The van der Waals surface area contributed by atoms with Gasteiger partial charge in [-0.3, -0.25) is 0 Å². The highest BCUT2D eigenvalue weighted by Crippen LogP contribution is 2.45. The van der Waals surface area contributed by atoms with Crippen molar-refractivity contribution < 1.29 is 8.83 Å². The first-order chi connectivity index (χ1) is 28.7. The number of fused-ring (bicyclic) bond motifs is 7. The van der Waals surface area contributed by atoms with Crippen LogP contribution in [0.5, 0.6) is 0 Å². The van der Waals surface area contributed by atoms with Gasteiger partial charge >= 0.3 is 0 Å². The maximum atomic E-state index is 6.64. The van der Waals surface area contributed by atoms with Gasteiger partial charge in [0.2, 0.25) is 0 Å². The van der Waals surface area contributed by atoms with Crippen LogP contribution in [0.15, 0.2) is 173 Å². The van der Waals surface area contributed by atoms with Crippen molar-refractivity contribution in [1.29, 1.82) is 0 Å². The number of aromatic nitrogens is 3. The van der Waals surface area contributed by atoms with Crippen LogP contribution in [0.2, 0.25) is 0 Å². The van der Waals surface area contributed by atoms with Crippen molar-refractivity contribution in [2.75, 3.05) is 0 Å². The molecule has 0 amide bonds. The largest absolute Gasteiger partial charge is 0.456 e. The molecule has 14 rings (SSSR count). The van der Waals surface area contributed by atoms with Crippen molar-refractivity contribution in [3.63, 3.8) is 0 Å². The highest BCUT2D eigenvalue weighted by atomic mass is 32.1. The fourth-order valence-corrected chi connectivity index (χ4v) is 10.6. The monoisotopic (exact) mass is 757 g/mol. The molecule has 0 saturated heterocycles. The van der Waals surface area contributed by atoms with Crippen molar-refractivity contribution in [3.05, 3.63) is 164 Å². The van der Waals surface area contributed by atoms with E-state index in [9.17, 15) is 0 Å². The van der Waals surface area contributed by atoms with Gasteiger partial charge in [-0.25, -0.2) is 9.97 Å². The van der Waals surface area contributed by atoms with Gasteiger partial charge in [-0.15, -0.1) is 11.3 Å². The molecular formula is C52H27N3O2S. The van der Waals surface area contributed by atoms with Gasteiger partial charge in [-0.1, -0.05) is 91.0 Å². The summed E-state index contributed by atoms with van der Waals surface area (Å²) in [6, 6.07) is 58.3. The zero-order valence-corrected chi connectivity index (χ0v) is 31.5. The van der Waals surface area contributed by atoms with Crippen LogP contribution in [-0.2, 0) is 0 Å². The Balaban J connectivity index is 0.963. The minimum Gasteiger partial charge on any atom is -0.456 e. The number of benzene rings is 9. The van der Waals surface area contributed by atoms with Gasteiger partial charge in [0.15, 0.2) is 11.4 Å². The summed E-state index contributed by atoms with van der Waals surface area (Å²) in [6.45, 7) is 0. The zero-order chi connectivity index (χ0) is 37.6. The molecule has 0 unspecified atom stereocenters. The van der Waals surface area contributed by atoms with Crippen LogP contribution in [0.25, 0.3) is 136 Å². The number of thiophene rings is 1. The van der Waals surface area contributed by atoms with Crippen LogP contribution < -0.4 is 0 Å². The smallest absolute Gasteiger partial charge is 0.180 e. The molecule has 14 aromatic rings. The molecule has 0 aliphatic carbocycles. The third kappa shape index (κ3) is 4.09. The highest BCUT2D eigenvalue weighted by Gasteiger charge is 2.23. The molecule has 58 heavy (non-hydrogen) atoms. The lowest BCUT2D eigenvalue weighted by molar-refractivity contribution is 0.664. The maximum Gasteiger partial charge on any atom is 0.180 e. The summed E-state index contributed by atoms with van der Waals surface area (Å²) >= 11 is 1.82. The number of hydrogen-bond donors (Lipinski definition) is 0. The summed E-state index contributed by atoms with van der Waals surface area (Å²) in [5, 5.41) is 12.8. The number of furan rings is 1. The van der Waals surface area contributed by atoms with Crippen LogP contribution in [0.1, 0.15) is 0 Å². The molecule has 5 heterocycles. The van der Waals surface area contributed by atoms with E-state index in [1.807, 2.05) is 29.5 Å². The van der Waals surface area contributed by atoms with E-state index < -0.39 is 0 Å². The fourth-order valence-electron chi connectivity index (χ4n) is 9.54. The minimum atomic E-state index is 0.666. The predicted octanol–water partition coefficient (Wildman–Crippen LogP) is 14.8. The molecule has 0 atom stereocenters. The Labute approximate surface area is 332 Å². The van der Waals surface area contributed by atoms with Crippen molar-refractivity contribution >= 4 is 119 Å². The van der Waals surface area contributed by atoms with Crippen molar-refractivity contribution in [2.24, 2.45) is 0 Å². The van der Waals surface area contributed by atoms with Crippen LogP contribution in [-0.4, -0.2) is 14.5 Å². The summed E-state index contributed by atoms with van der Waals surface area (Å²) in [5.74, 6) is 0.666. The molecule has 0 bridgehead atoms. The lowest BCUT2D eigenvalue weighted by Gasteiger charge is -2.12. The Morgan fingerprint density at radius 3 is 1.90 bits per heavy atom. The SMILES string of the molecule is c1ccc2c(c1)oc1c(-c3ccc4sc5ccccc5c4c3)nc(-c3ccc4cc(-n5c6ccc7cccc8oc9cccc%10ccc5c(c%109)c6c78)ccc4c3)nc12. The first-order valence-corrected chi connectivity index (χ1v) is 20.3. The Kier molecular flexibility index (Phi) is 5.85. The Bertz CT molecular complexity index is 3950. The van der Waals surface area contributed by atoms with Crippen molar-refractivity contribution in [3.8, 4) is 28.3 Å². The molecule has 0 spiro atoms. The van der Waals surface area contributed by atoms with Gasteiger partial charge in [-0.2, -0.15) is 0 Å². The second-order valence-corrected chi connectivity index (χ2v) is 16.4. The standard InChI is InChI=1S/C52H27N3O2S/c1-3-11-40-36(10-1)50-51(57-40)49(32-20-24-44-37(27-32)35-9-2-4-14-43(35)58-44)53-52(54-50)33-16-15-31-26-34(21-17-30(31)25-33)55-38-22-18-28-7-5-12-41-45(28)47(38)48-39(55)23-19-29-8-6-13-42(56-41)46(29)48/h1-27H. The lowest BCUT2D eigenvalue weighted by atomic mass is 10.00. The molecule has 0 fully saturated rings. The average molecular weight is 758 g/mol. The molecule has 0 aliphatic rings. The average Bonchev–Trinajstić information content (AvgIpc) is 3.92. The summed E-state index contributed by atoms with van der Waals surface area (Å²) < 4.78 is 18.1. The summed E-state index contributed by atoms with van der Waals surface area (Å²) in [5.41, 5.74) is 10.3. The Morgan fingerprint density at radius 1 is 0.431 bits per heavy atom. The van der Waals surface area contributed by atoms with E-state index in [0.717, 1.165) is 82.7 Å². The first kappa shape index (κ1) is 30.7. The topological polar surface area (TPSA) is 57.0 Å². The molecule has 0 aliphatic heterocycles. The third-order valence-electron chi connectivity index (χ3n) is 12.1. The number of rotatable bonds is 3. The van der Waals surface area contributed by atoms with Gasteiger partial charge in [0.05, 0.1) is 11.0 Å². The van der Waals surface area contributed by atoms with Crippen LogP contribution in [0.3, 0.4) is 0 Å². The highest BCUT2D eigenvalue weighted by molar-refractivity contribution is 7.25. The van der Waals surface area contributed by atoms with Crippen LogP contribution >= 0.6 is 11.3 Å². The Hall–Kier alpha value is -7.54. The van der Waals surface area contributed by atoms with Gasteiger partial charge in [0.25, 0.3) is 0 Å². The van der Waals surface area contributed by atoms with Gasteiger partial charge in [0.1, 0.15) is 28.0 Å².